The van der Waals surface area contributed by atoms with Crippen molar-refractivity contribution in [3.63, 3.8) is 0 Å². The Labute approximate surface area is 190 Å². The average molecular weight is 459 g/mol. The number of ether oxygens (including phenoxy) is 1. The van der Waals surface area contributed by atoms with Crippen LogP contribution in [0, 0.1) is 11.3 Å². The maximum atomic E-state index is 12.7. The van der Waals surface area contributed by atoms with Crippen LogP contribution in [0.4, 0.5) is 5.69 Å². The van der Waals surface area contributed by atoms with E-state index in [-0.39, 0.29) is 6.54 Å². The Balaban J connectivity index is 2.11. The van der Waals surface area contributed by atoms with Crippen LogP contribution in [0.1, 0.15) is 26.3 Å². The second kappa shape index (κ2) is 9.18. The minimum atomic E-state index is -0.621. The summed E-state index contributed by atoms with van der Waals surface area (Å²) in [6, 6.07) is 18.8. The first-order chi connectivity index (χ1) is 14.2. The molecule has 0 aliphatic carbocycles. The zero-order valence-electron chi connectivity index (χ0n) is 16.8. The molecule has 3 aromatic rings. The molecule has 4 nitrogen and oxygen atoms in total. The Hall–Kier alpha value is -2.39. The maximum absolute atomic E-state index is 12.7. The highest BCUT2D eigenvalue weighted by molar-refractivity contribution is 8.00. The van der Waals surface area contributed by atoms with Crippen LogP contribution in [-0.4, -0.2) is 18.1 Å². The smallest absolute Gasteiger partial charge is 0.327 e. The molecule has 0 aromatic heterocycles. The van der Waals surface area contributed by atoms with Crippen molar-refractivity contribution in [3.8, 4) is 6.07 Å². The molecule has 0 unspecified atom stereocenters. The molecule has 0 fully saturated rings. The number of nitrogens with zero attached hydrogens (tertiary/aromatic N) is 2. The molecule has 0 atom stereocenters. The third-order valence-electron chi connectivity index (χ3n) is 4.01. The van der Waals surface area contributed by atoms with Gasteiger partial charge in [-0.25, -0.2) is 0 Å². The predicted molar refractivity (Wildman–Crippen MR) is 124 cm³/mol. The van der Waals surface area contributed by atoms with E-state index in [1.165, 1.54) is 11.9 Å². The van der Waals surface area contributed by atoms with Crippen LogP contribution in [0.5, 0.6) is 0 Å². The van der Waals surface area contributed by atoms with Crippen LogP contribution in [0.25, 0.3) is 10.8 Å². The van der Waals surface area contributed by atoms with Gasteiger partial charge in [-0.3, -0.25) is 9.10 Å². The van der Waals surface area contributed by atoms with Crippen LogP contribution in [0.3, 0.4) is 0 Å². The van der Waals surface area contributed by atoms with Gasteiger partial charge in [-0.2, -0.15) is 5.26 Å². The number of halogens is 2. The number of hydrogen-bond donors (Lipinski definition) is 0. The third kappa shape index (κ3) is 5.60. The molecular weight excluding hydrogens is 439 g/mol. The Morgan fingerprint density at radius 3 is 2.40 bits per heavy atom. The van der Waals surface area contributed by atoms with Gasteiger partial charge in [0.1, 0.15) is 18.2 Å². The van der Waals surface area contributed by atoms with Crippen molar-refractivity contribution < 1.29 is 9.53 Å². The quantitative estimate of drug-likeness (QED) is 0.308. The lowest BCUT2D eigenvalue weighted by molar-refractivity contribution is -0.152. The molecule has 3 aromatic carbocycles. The fraction of sp³-hybridized carbons (Fsp3) is 0.217. The Bertz CT molecular complexity index is 1120. The van der Waals surface area contributed by atoms with E-state index in [2.05, 4.69) is 6.07 Å². The lowest BCUT2D eigenvalue weighted by Crippen LogP contribution is -2.32. The summed E-state index contributed by atoms with van der Waals surface area (Å²) in [5, 5.41) is 12.6. The SMILES string of the molecule is CC(C)(C)OC(=O)CN(Sc1cc(Cl)cc(Cl)c1)c1c(C#N)ccc2ccccc12. The van der Waals surface area contributed by atoms with Gasteiger partial charge in [-0.1, -0.05) is 53.5 Å². The Kier molecular flexibility index (Phi) is 6.82. The summed E-state index contributed by atoms with van der Waals surface area (Å²) in [5.41, 5.74) is 0.476. The molecule has 0 spiro atoms. The van der Waals surface area contributed by atoms with Crippen LogP contribution in [-0.2, 0) is 9.53 Å². The number of benzene rings is 3. The van der Waals surface area contributed by atoms with Gasteiger partial charge < -0.3 is 4.74 Å². The third-order valence-corrected chi connectivity index (χ3v) is 5.43. The number of carbonyl (C=O) groups is 1. The van der Waals surface area contributed by atoms with Gasteiger partial charge in [0.25, 0.3) is 0 Å². The molecule has 0 aliphatic heterocycles. The normalized spacial score (nSPS) is 11.2. The minimum absolute atomic E-state index is 0.0608. The largest absolute Gasteiger partial charge is 0.459 e. The standard InChI is InChI=1S/C23H20Cl2N2O2S/c1-23(2,3)29-21(28)14-27(30-19-11-17(24)10-18(25)12-19)22-16(13-26)9-8-15-6-4-5-7-20(15)22/h4-12H,14H2,1-3H3. The van der Waals surface area contributed by atoms with Gasteiger partial charge in [0.2, 0.25) is 0 Å². The number of hydrogen-bond acceptors (Lipinski definition) is 5. The summed E-state index contributed by atoms with van der Waals surface area (Å²) in [4.78, 5) is 13.4. The molecule has 7 heteroatoms. The number of carbonyl (C=O) groups excluding carboxylic acids is 1. The van der Waals surface area contributed by atoms with E-state index in [1.807, 2.05) is 51.1 Å². The van der Waals surface area contributed by atoms with Crippen LogP contribution < -0.4 is 4.31 Å². The average Bonchev–Trinajstić information content (AvgIpc) is 2.64. The van der Waals surface area contributed by atoms with Gasteiger partial charge in [0.15, 0.2) is 0 Å². The van der Waals surface area contributed by atoms with E-state index >= 15 is 0 Å². The van der Waals surface area contributed by atoms with Gasteiger partial charge >= 0.3 is 5.97 Å². The summed E-state index contributed by atoms with van der Waals surface area (Å²) in [6.07, 6.45) is 0. The first-order valence-electron chi connectivity index (χ1n) is 9.21. The van der Waals surface area contributed by atoms with E-state index in [9.17, 15) is 10.1 Å². The van der Waals surface area contributed by atoms with Crippen molar-refractivity contribution in [3.05, 3.63) is 70.2 Å². The van der Waals surface area contributed by atoms with Crippen molar-refractivity contribution in [1.29, 1.82) is 5.26 Å². The molecule has 0 bridgehead atoms. The molecule has 30 heavy (non-hydrogen) atoms. The number of rotatable bonds is 5. The molecule has 0 aliphatic rings. The van der Waals surface area contributed by atoms with Crippen LogP contribution in [0.15, 0.2) is 59.5 Å². The van der Waals surface area contributed by atoms with Gasteiger partial charge in [-0.15, -0.1) is 0 Å². The van der Waals surface area contributed by atoms with Crippen molar-refractivity contribution in [2.24, 2.45) is 0 Å². The predicted octanol–water partition coefficient (Wildman–Crippen LogP) is 6.87. The van der Waals surface area contributed by atoms with Crippen LogP contribution in [0.2, 0.25) is 10.0 Å². The van der Waals surface area contributed by atoms with Gasteiger partial charge in [0, 0.05) is 20.3 Å². The summed E-state index contributed by atoms with van der Waals surface area (Å²) >= 11 is 13.6. The van der Waals surface area contributed by atoms with E-state index < -0.39 is 11.6 Å². The van der Waals surface area contributed by atoms with Crippen molar-refractivity contribution in [2.45, 2.75) is 31.3 Å². The molecule has 0 N–H and O–H groups in total. The van der Waals surface area contributed by atoms with E-state index in [0.717, 1.165) is 15.7 Å². The molecule has 3 rings (SSSR count). The van der Waals surface area contributed by atoms with Crippen molar-refractivity contribution >= 4 is 57.6 Å². The van der Waals surface area contributed by atoms with E-state index in [4.69, 9.17) is 27.9 Å². The highest BCUT2D eigenvalue weighted by atomic mass is 35.5. The molecular formula is C23H20Cl2N2O2S. The van der Waals surface area contributed by atoms with Gasteiger partial charge in [-0.05, 0) is 62.4 Å². The second-order valence-electron chi connectivity index (χ2n) is 7.61. The van der Waals surface area contributed by atoms with E-state index in [1.54, 1.807) is 28.6 Å². The molecule has 0 amide bonds. The zero-order chi connectivity index (χ0) is 21.9. The number of esters is 1. The minimum Gasteiger partial charge on any atom is -0.459 e. The molecule has 154 valence electrons. The summed E-state index contributed by atoms with van der Waals surface area (Å²) in [5.74, 6) is -0.403. The lowest BCUT2D eigenvalue weighted by atomic mass is 10.0. The maximum Gasteiger partial charge on any atom is 0.327 e. The van der Waals surface area contributed by atoms with Crippen molar-refractivity contribution in [1.82, 2.24) is 0 Å². The summed E-state index contributed by atoms with van der Waals surface area (Å²) < 4.78 is 7.29. The molecule has 0 radical (unpaired) electrons. The highest BCUT2D eigenvalue weighted by Gasteiger charge is 2.23. The second-order valence-corrected chi connectivity index (χ2v) is 9.58. The Morgan fingerprint density at radius 1 is 1.10 bits per heavy atom. The van der Waals surface area contributed by atoms with E-state index in [0.29, 0.717) is 21.3 Å². The fourth-order valence-electron chi connectivity index (χ4n) is 2.97. The molecule has 0 saturated heterocycles. The monoisotopic (exact) mass is 458 g/mol. The number of anilines is 1. The summed E-state index contributed by atoms with van der Waals surface area (Å²) in [6.45, 7) is 5.39. The molecule has 0 heterocycles. The summed E-state index contributed by atoms with van der Waals surface area (Å²) in [7, 11) is 0. The van der Waals surface area contributed by atoms with Crippen molar-refractivity contribution in [2.75, 3.05) is 10.8 Å². The fourth-order valence-corrected chi connectivity index (χ4v) is 4.70. The van der Waals surface area contributed by atoms with Gasteiger partial charge in [0.05, 0.1) is 11.3 Å². The topological polar surface area (TPSA) is 53.3 Å². The molecule has 0 saturated carbocycles. The zero-order valence-corrected chi connectivity index (χ0v) is 19.1. The first-order valence-corrected chi connectivity index (χ1v) is 10.7. The number of nitriles is 1. The Morgan fingerprint density at radius 2 is 1.77 bits per heavy atom. The lowest BCUT2D eigenvalue weighted by Gasteiger charge is -2.27. The van der Waals surface area contributed by atoms with Crippen LogP contribution >= 0.6 is 35.1 Å². The first kappa shape index (κ1) is 22.3. The number of fused-ring (bicyclic) bond motifs is 1. The highest BCUT2D eigenvalue weighted by Crippen LogP contribution is 2.38.